The molecule has 6 nitrogen and oxygen atoms in total. The van der Waals surface area contributed by atoms with Gasteiger partial charge in [0.1, 0.15) is 0 Å². The maximum absolute atomic E-state index is 12.4. The second-order valence-electron chi connectivity index (χ2n) is 5.04. The Labute approximate surface area is 151 Å². The minimum Gasteiger partial charge on any atom is -0.322 e. The topological polar surface area (TPSA) is 88.2 Å². The van der Waals surface area contributed by atoms with E-state index >= 15 is 0 Å². The average Bonchev–Trinajstić information content (AvgIpc) is 2.86. The average molecular weight is 426 g/mol. The third-order valence-corrected chi connectivity index (χ3v) is 5.13. The summed E-state index contributed by atoms with van der Waals surface area (Å²) < 4.78 is 26.5. The standard InChI is InChI=1S/C15H12BrN3O3S2/c1-24(21,22)19-15-18-12-6-5-9(7-13(12)23-15)14(20)17-11-4-2-3-10(16)8-11/h2-8H,1H3,(H,17,20)(H,18,19). The second kappa shape index (κ2) is 6.50. The van der Waals surface area contributed by atoms with Gasteiger partial charge in [-0.2, -0.15) is 0 Å². The van der Waals surface area contributed by atoms with Crippen molar-refractivity contribution in [2.75, 3.05) is 16.3 Å². The van der Waals surface area contributed by atoms with Crippen molar-refractivity contribution in [1.29, 1.82) is 0 Å². The van der Waals surface area contributed by atoms with Gasteiger partial charge in [-0.1, -0.05) is 33.3 Å². The molecule has 3 aromatic rings. The molecule has 24 heavy (non-hydrogen) atoms. The van der Waals surface area contributed by atoms with E-state index < -0.39 is 10.0 Å². The van der Waals surface area contributed by atoms with Gasteiger partial charge in [0.15, 0.2) is 5.13 Å². The number of aromatic nitrogens is 1. The van der Waals surface area contributed by atoms with Gasteiger partial charge in [-0.05, 0) is 36.4 Å². The molecule has 0 atom stereocenters. The zero-order valence-electron chi connectivity index (χ0n) is 12.4. The van der Waals surface area contributed by atoms with Crippen LogP contribution in [0.2, 0.25) is 0 Å². The molecule has 1 amide bonds. The Morgan fingerprint density at radius 1 is 1.21 bits per heavy atom. The number of carbonyl (C=O) groups excluding carboxylic acids is 1. The van der Waals surface area contributed by atoms with Gasteiger partial charge in [-0.15, -0.1) is 0 Å². The van der Waals surface area contributed by atoms with Crippen LogP contribution in [0.4, 0.5) is 10.8 Å². The van der Waals surface area contributed by atoms with Gasteiger partial charge in [-0.25, -0.2) is 13.4 Å². The minimum absolute atomic E-state index is 0.249. The van der Waals surface area contributed by atoms with Gasteiger partial charge in [0.25, 0.3) is 5.91 Å². The molecule has 0 aliphatic carbocycles. The molecular formula is C15H12BrN3O3S2. The summed E-state index contributed by atoms with van der Waals surface area (Å²) in [5.41, 5.74) is 1.78. The van der Waals surface area contributed by atoms with E-state index in [2.05, 4.69) is 31.0 Å². The molecule has 9 heteroatoms. The number of benzene rings is 2. The van der Waals surface area contributed by atoms with Crippen molar-refractivity contribution in [1.82, 2.24) is 4.98 Å². The summed E-state index contributed by atoms with van der Waals surface area (Å²) in [4.78, 5) is 16.5. The van der Waals surface area contributed by atoms with E-state index in [1.807, 2.05) is 12.1 Å². The van der Waals surface area contributed by atoms with E-state index in [9.17, 15) is 13.2 Å². The molecule has 0 spiro atoms. The maximum atomic E-state index is 12.4. The van der Waals surface area contributed by atoms with E-state index in [0.717, 1.165) is 15.4 Å². The van der Waals surface area contributed by atoms with Gasteiger partial charge in [0, 0.05) is 15.7 Å². The van der Waals surface area contributed by atoms with Gasteiger partial charge in [-0.3, -0.25) is 9.52 Å². The first-order chi connectivity index (χ1) is 11.3. The molecule has 1 aromatic heterocycles. The number of nitrogens with one attached hydrogen (secondary N) is 2. The summed E-state index contributed by atoms with van der Waals surface area (Å²) in [7, 11) is -3.38. The number of hydrogen-bond acceptors (Lipinski definition) is 5. The number of carbonyl (C=O) groups is 1. The van der Waals surface area contributed by atoms with Crippen molar-refractivity contribution in [2.24, 2.45) is 0 Å². The van der Waals surface area contributed by atoms with Crippen LogP contribution < -0.4 is 10.0 Å². The molecule has 0 bridgehead atoms. The highest BCUT2D eigenvalue weighted by Gasteiger charge is 2.12. The lowest BCUT2D eigenvalue weighted by molar-refractivity contribution is 0.102. The van der Waals surface area contributed by atoms with Crippen molar-refractivity contribution in [3.63, 3.8) is 0 Å². The zero-order chi connectivity index (χ0) is 17.3. The smallest absolute Gasteiger partial charge is 0.255 e. The summed E-state index contributed by atoms with van der Waals surface area (Å²) in [5, 5.41) is 3.09. The van der Waals surface area contributed by atoms with E-state index in [1.54, 1.807) is 30.3 Å². The number of fused-ring (bicyclic) bond motifs is 1. The predicted octanol–water partition coefficient (Wildman–Crippen LogP) is 3.68. The van der Waals surface area contributed by atoms with Crippen LogP contribution in [0, 0.1) is 0 Å². The predicted molar refractivity (Wildman–Crippen MR) is 100 cm³/mol. The highest BCUT2D eigenvalue weighted by Crippen LogP contribution is 2.27. The Hall–Kier alpha value is -1.97. The highest BCUT2D eigenvalue weighted by molar-refractivity contribution is 9.10. The fourth-order valence-electron chi connectivity index (χ4n) is 2.04. The molecule has 0 saturated heterocycles. The molecule has 0 aliphatic heterocycles. The largest absolute Gasteiger partial charge is 0.322 e. The van der Waals surface area contributed by atoms with E-state index in [4.69, 9.17) is 0 Å². The first-order valence-electron chi connectivity index (χ1n) is 6.75. The Morgan fingerprint density at radius 3 is 2.71 bits per heavy atom. The van der Waals surface area contributed by atoms with Gasteiger partial charge in [0.05, 0.1) is 16.5 Å². The summed E-state index contributed by atoms with van der Waals surface area (Å²) in [5.74, 6) is -0.249. The SMILES string of the molecule is CS(=O)(=O)Nc1nc2ccc(C(=O)Nc3cccc(Br)c3)cc2s1. The molecular weight excluding hydrogens is 414 g/mol. The molecule has 3 rings (SSSR count). The molecule has 0 unspecified atom stereocenters. The van der Waals surface area contributed by atoms with Crippen molar-refractivity contribution in [3.8, 4) is 0 Å². The number of halogens is 1. The number of amides is 1. The van der Waals surface area contributed by atoms with Gasteiger partial charge >= 0.3 is 0 Å². The maximum Gasteiger partial charge on any atom is 0.255 e. The minimum atomic E-state index is -3.38. The highest BCUT2D eigenvalue weighted by atomic mass is 79.9. The third kappa shape index (κ3) is 4.11. The number of sulfonamides is 1. The fourth-order valence-corrected chi connectivity index (χ4v) is 4.18. The zero-order valence-corrected chi connectivity index (χ0v) is 15.6. The van der Waals surface area contributed by atoms with Crippen LogP contribution in [0.3, 0.4) is 0 Å². The molecule has 124 valence electrons. The first-order valence-corrected chi connectivity index (χ1v) is 10.3. The summed E-state index contributed by atoms with van der Waals surface area (Å²) in [6.45, 7) is 0. The fraction of sp³-hybridized carbons (Fsp3) is 0.0667. The quantitative estimate of drug-likeness (QED) is 0.666. The van der Waals surface area contributed by atoms with E-state index in [0.29, 0.717) is 16.8 Å². The normalized spacial score (nSPS) is 11.4. The number of anilines is 2. The Kier molecular flexibility index (Phi) is 4.57. The van der Waals surface area contributed by atoms with Crippen LogP contribution in [-0.2, 0) is 10.0 Å². The molecule has 0 aliphatic rings. The van der Waals surface area contributed by atoms with Crippen LogP contribution in [0.5, 0.6) is 0 Å². The Bertz CT molecular complexity index is 1030. The van der Waals surface area contributed by atoms with Crippen molar-refractivity contribution in [2.45, 2.75) is 0 Å². The van der Waals surface area contributed by atoms with E-state index in [-0.39, 0.29) is 11.0 Å². The molecule has 0 radical (unpaired) electrons. The monoisotopic (exact) mass is 425 g/mol. The third-order valence-electron chi connectivity index (χ3n) is 3.01. The lowest BCUT2D eigenvalue weighted by Crippen LogP contribution is -2.11. The Morgan fingerprint density at radius 2 is 2.00 bits per heavy atom. The van der Waals surface area contributed by atoms with Crippen LogP contribution in [0.1, 0.15) is 10.4 Å². The summed E-state index contributed by atoms with van der Waals surface area (Å²) >= 11 is 4.53. The lowest BCUT2D eigenvalue weighted by Gasteiger charge is -2.05. The number of hydrogen-bond donors (Lipinski definition) is 2. The van der Waals surface area contributed by atoms with Crippen molar-refractivity contribution >= 4 is 64.2 Å². The first kappa shape index (κ1) is 16.9. The van der Waals surface area contributed by atoms with Crippen LogP contribution >= 0.6 is 27.3 Å². The second-order valence-corrected chi connectivity index (χ2v) is 8.74. The molecule has 0 fully saturated rings. The van der Waals surface area contributed by atoms with Crippen LogP contribution in [-0.4, -0.2) is 25.6 Å². The van der Waals surface area contributed by atoms with E-state index in [1.165, 1.54) is 11.3 Å². The number of nitrogens with zero attached hydrogens (tertiary/aromatic N) is 1. The Balaban J connectivity index is 1.85. The van der Waals surface area contributed by atoms with Gasteiger partial charge < -0.3 is 5.32 Å². The molecule has 0 saturated carbocycles. The van der Waals surface area contributed by atoms with Crippen LogP contribution in [0.15, 0.2) is 46.9 Å². The number of thiazole rings is 1. The molecule has 2 N–H and O–H groups in total. The number of rotatable bonds is 4. The van der Waals surface area contributed by atoms with Crippen molar-refractivity contribution in [3.05, 3.63) is 52.5 Å². The van der Waals surface area contributed by atoms with Crippen LogP contribution in [0.25, 0.3) is 10.2 Å². The molecule has 2 aromatic carbocycles. The lowest BCUT2D eigenvalue weighted by atomic mass is 10.2. The van der Waals surface area contributed by atoms with Crippen molar-refractivity contribution < 1.29 is 13.2 Å². The summed E-state index contributed by atoms with van der Waals surface area (Å²) in [6.07, 6.45) is 1.07. The van der Waals surface area contributed by atoms with Gasteiger partial charge in [0.2, 0.25) is 10.0 Å². The molecule has 1 heterocycles. The summed E-state index contributed by atoms with van der Waals surface area (Å²) in [6, 6.07) is 12.3.